The first-order valence-electron chi connectivity index (χ1n) is 13.5. The number of fused-ring (bicyclic) bond motifs is 6. The summed E-state index contributed by atoms with van der Waals surface area (Å²) in [5, 5.41) is 21.2. The third kappa shape index (κ3) is 4.61. The molecule has 1 N–H and O–H groups in total. The van der Waals surface area contributed by atoms with Gasteiger partial charge in [-0.3, -0.25) is 9.97 Å². The van der Waals surface area contributed by atoms with Crippen molar-refractivity contribution >= 4 is 49.1 Å². The first kappa shape index (κ1) is 25.0. The van der Waals surface area contributed by atoms with Crippen LogP contribution >= 0.6 is 0 Å². The molecule has 4 heteroatoms. The molecular formula is C35H33N3O. The summed E-state index contributed by atoms with van der Waals surface area (Å²) in [4.78, 5) is 10.2. The Morgan fingerprint density at radius 2 is 0.949 bits per heavy atom. The van der Waals surface area contributed by atoms with Gasteiger partial charge in [0.05, 0.1) is 16.7 Å². The van der Waals surface area contributed by atoms with Crippen LogP contribution < -0.4 is 0 Å². The van der Waals surface area contributed by atoms with Gasteiger partial charge in [-0.25, -0.2) is 0 Å². The van der Waals surface area contributed by atoms with Crippen LogP contribution in [0.5, 0.6) is 0 Å². The maximum Gasteiger partial charge on any atom is 0.0783 e. The van der Waals surface area contributed by atoms with Gasteiger partial charge in [-0.15, -0.1) is 0 Å². The molecule has 0 bridgehead atoms. The molecule has 0 amide bonds. The van der Waals surface area contributed by atoms with Crippen molar-refractivity contribution in [1.82, 2.24) is 9.97 Å². The van der Waals surface area contributed by atoms with Crippen LogP contribution in [0.15, 0.2) is 102 Å². The molecule has 0 fully saturated rings. The van der Waals surface area contributed by atoms with Gasteiger partial charge in [0.2, 0.25) is 0 Å². The van der Waals surface area contributed by atoms with Crippen LogP contribution in [0.25, 0.3) is 43.4 Å². The molecule has 0 radical (unpaired) electrons. The maximum atomic E-state index is 10.3. The lowest BCUT2D eigenvalue weighted by Crippen LogP contribution is -2.40. The van der Waals surface area contributed by atoms with Crippen LogP contribution in [-0.2, 0) is 12.8 Å². The molecule has 0 unspecified atom stereocenters. The predicted molar refractivity (Wildman–Crippen MR) is 163 cm³/mol. The molecule has 0 aliphatic heterocycles. The van der Waals surface area contributed by atoms with E-state index < -0.39 is 10.8 Å². The third-order valence-corrected chi connectivity index (χ3v) is 7.91. The Hall–Kier alpha value is -4.31. The van der Waals surface area contributed by atoms with Crippen molar-refractivity contribution in [2.24, 2.45) is 16.0 Å². The van der Waals surface area contributed by atoms with Crippen molar-refractivity contribution in [1.29, 1.82) is 0 Å². The van der Waals surface area contributed by atoms with E-state index in [0.29, 0.717) is 12.8 Å². The number of hydrogen-bond donors (Lipinski definition) is 1. The highest BCUT2D eigenvalue weighted by Crippen LogP contribution is 2.37. The molecule has 0 atom stereocenters. The summed E-state index contributed by atoms with van der Waals surface area (Å²) in [6, 6.07) is 33.7. The molecule has 194 valence electrons. The molecule has 39 heavy (non-hydrogen) atoms. The maximum absolute atomic E-state index is 10.3. The van der Waals surface area contributed by atoms with Gasteiger partial charge in [0.15, 0.2) is 0 Å². The number of benzene rings is 4. The predicted octanol–water partition coefficient (Wildman–Crippen LogP) is 8.76. The number of hydrogen-bond acceptors (Lipinski definition) is 4. The lowest BCUT2D eigenvalue weighted by molar-refractivity contribution is 0.289. The van der Waals surface area contributed by atoms with E-state index in [9.17, 15) is 5.21 Å². The number of rotatable bonds is 6. The summed E-state index contributed by atoms with van der Waals surface area (Å²) in [6.07, 6.45) is 1.32. The third-order valence-electron chi connectivity index (χ3n) is 7.91. The van der Waals surface area contributed by atoms with E-state index in [4.69, 9.17) is 9.97 Å². The Morgan fingerprint density at radius 3 is 1.38 bits per heavy atom. The zero-order valence-corrected chi connectivity index (χ0v) is 22.9. The van der Waals surface area contributed by atoms with Gasteiger partial charge < -0.3 is 5.21 Å². The minimum absolute atomic E-state index is 0.424. The monoisotopic (exact) mass is 511 g/mol. The molecule has 0 aliphatic rings. The smallest absolute Gasteiger partial charge is 0.0783 e. The Kier molecular flexibility index (Phi) is 6.06. The second-order valence-corrected chi connectivity index (χ2v) is 11.9. The number of oxime groups is 1. The van der Waals surface area contributed by atoms with Crippen LogP contribution in [0, 0.1) is 10.8 Å². The van der Waals surface area contributed by atoms with Crippen molar-refractivity contribution in [3.8, 4) is 0 Å². The van der Waals surface area contributed by atoms with Crippen molar-refractivity contribution in [3.63, 3.8) is 0 Å². The van der Waals surface area contributed by atoms with Crippen LogP contribution in [0.4, 0.5) is 0 Å². The molecule has 0 saturated heterocycles. The Labute approximate surface area is 229 Å². The molecule has 4 aromatic carbocycles. The number of pyridine rings is 2. The second-order valence-electron chi connectivity index (χ2n) is 11.9. The molecule has 4 nitrogen and oxygen atoms in total. The van der Waals surface area contributed by atoms with Gasteiger partial charge in [-0.2, -0.15) is 0 Å². The van der Waals surface area contributed by atoms with Gasteiger partial charge >= 0.3 is 0 Å². The van der Waals surface area contributed by atoms with E-state index in [1.54, 1.807) is 0 Å². The molecule has 0 spiro atoms. The van der Waals surface area contributed by atoms with Gasteiger partial charge in [0, 0.05) is 56.6 Å². The Bertz CT molecular complexity index is 1750. The zero-order valence-electron chi connectivity index (χ0n) is 22.9. The highest BCUT2D eigenvalue weighted by Gasteiger charge is 2.38. The minimum atomic E-state index is -0.424. The van der Waals surface area contributed by atoms with Crippen molar-refractivity contribution in [2.45, 2.75) is 40.5 Å². The largest absolute Gasteiger partial charge is 0.411 e. The summed E-state index contributed by atoms with van der Waals surface area (Å²) < 4.78 is 0. The van der Waals surface area contributed by atoms with E-state index in [2.05, 4.69) is 130 Å². The quantitative estimate of drug-likeness (QED) is 0.105. The standard InChI is InChI=1S/C35H33N3O/c1-34(2,21-27-19-17-25-15-13-23-9-5-7-11-29(23)31(25)36-27)33(38-39)35(3,4)22-28-20-18-26-16-14-24-10-6-8-12-30(24)32(26)37-28/h5-20,39H,21-22H2,1-4H3. The fourth-order valence-electron chi connectivity index (χ4n) is 6.25. The average molecular weight is 512 g/mol. The summed E-state index contributed by atoms with van der Waals surface area (Å²) in [7, 11) is 0. The van der Waals surface area contributed by atoms with Gasteiger partial charge in [-0.1, -0.05) is 118 Å². The van der Waals surface area contributed by atoms with E-state index in [-0.39, 0.29) is 0 Å². The molecule has 2 heterocycles. The van der Waals surface area contributed by atoms with E-state index in [0.717, 1.165) is 49.7 Å². The van der Waals surface area contributed by atoms with Crippen molar-refractivity contribution in [3.05, 3.63) is 108 Å². The Balaban J connectivity index is 1.31. The number of nitrogens with zero attached hydrogens (tertiary/aromatic N) is 3. The highest BCUT2D eigenvalue weighted by atomic mass is 16.4. The van der Waals surface area contributed by atoms with Gasteiger partial charge in [0.25, 0.3) is 0 Å². The first-order chi connectivity index (χ1) is 18.7. The zero-order chi connectivity index (χ0) is 27.2. The van der Waals surface area contributed by atoms with E-state index in [1.807, 2.05) is 0 Å². The second kappa shape index (κ2) is 9.46. The molecular weight excluding hydrogens is 478 g/mol. The Morgan fingerprint density at radius 1 is 0.564 bits per heavy atom. The molecule has 0 aliphatic carbocycles. The van der Waals surface area contributed by atoms with Crippen molar-refractivity contribution < 1.29 is 5.21 Å². The van der Waals surface area contributed by atoms with Gasteiger partial charge in [-0.05, 0) is 22.9 Å². The van der Waals surface area contributed by atoms with Crippen LogP contribution in [0.2, 0.25) is 0 Å². The SMILES string of the molecule is CC(C)(Cc1ccc2ccc3ccccc3c2n1)C(=NO)C(C)(C)Cc1ccc2ccc3ccccc3c2n1. The van der Waals surface area contributed by atoms with Crippen LogP contribution in [0.3, 0.4) is 0 Å². The lowest BCUT2D eigenvalue weighted by Gasteiger charge is -2.36. The van der Waals surface area contributed by atoms with Gasteiger partial charge in [0.1, 0.15) is 0 Å². The fraction of sp³-hybridized carbons (Fsp3) is 0.229. The molecule has 2 aromatic heterocycles. The van der Waals surface area contributed by atoms with Crippen molar-refractivity contribution in [2.75, 3.05) is 0 Å². The summed E-state index contributed by atoms with van der Waals surface area (Å²) >= 11 is 0. The summed E-state index contributed by atoms with van der Waals surface area (Å²) in [6.45, 7) is 8.56. The van der Waals surface area contributed by atoms with E-state index >= 15 is 0 Å². The molecule has 6 rings (SSSR count). The number of aromatic nitrogens is 2. The summed E-state index contributed by atoms with van der Waals surface area (Å²) in [5.74, 6) is 0. The molecule has 0 saturated carbocycles. The average Bonchev–Trinajstić information content (AvgIpc) is 2.92. The first-order valence-corrected chi connectivity index (χ1v) is 13.5. The fourth-order valence-corrected chi connectivity index (χ4v) is 6.25. The summed E-state index contributed by atoms with van der Waals surface area (Å²) in [5.41, 5.74) is 3.88. The normalized spacial score (nSPS) is 12.4. The molecule has 6 aromatic rings. The topological polar surface area (TPSA) is 58.4 Å². The van der Waals surface area contributed by atoms with E-state index in [1.165, 1.54) is 10.8 Å². The lowest BCUT2D eigenvalue weighted by atomic mass is 9.68. The van der Waals surface area contributed by atoms with Crippen LogP contribution in [0.1, 0.15) is 39.1 Å². The highest BCUT2D eigenvalue weighted by molar-refractivity contribution is 6.06. The van der Waals surface area contributed by atoms with Crippen LogP contribution in [-0.4, -0.2) is 20.9 Å². The minimum Gasteiger partial charge on any atom is -0.411 e.